The van der Waals surface area contributed by atoms with Gasteiger partial charge in [-0.15, -0.1) is 0 Å². The standard InChI is InChI=1S/C19H17N2OS2/c1-2-20-13-7-3-5-9-15(13)23-18(20)17-19-21(11-12-22-17)14-8-4-6-10-16(14)24-19/h3-10H,2,11-12H2,1H3/q+1. The fraction of sp³-hybridized carbons (Fsp3) is 0.211. The van der Waals surface area contributed by atoms with Crippen LogP contribution in [0.1, 0.15) is 11.9 Å². The summed E-state index contributed by atoms with van der Waals surface area (Å²) in [5.41, 5.74) is 2.59. The fourth-order valence-electron chi connectivity index (χ4n) is 3.40. The van der Waals surface area contributed by atoms with Crippen LogP contribution in [0.5, 0.6) is 0 Å². The Morgan fingerprint density at radius 1 is 1.12 bits per heavy atom. The monoisotopic (exact) mass is 353 g/mol. The molecule has 2 aliphatic rings. The summed E-state index contributed by atoms with van der Waals surface area (Å²) in [5, 5.41) is 2.45. The Bertz CT molecular complexity index is 976. The molecule has 0 fully saturated rings. The number of aromatic nitrogens is 1. The summed E-state index contributed by atoms with van der Waals surface area (Å²) in [6.45, 7) is 4.79. The fourth-order valence-corrected chi connectivity index (χ4v) is 5.87. The van der Waals surface area contributed by atoms with E-state index in [-0.39, 0.29) is 0 Å². The number of thiazole rings is 1. The molecule has 5 heteroatoms. The zero-order valence-corrected chi connectivity index (χ0v) is 15.0. The summed E-state index contributed by atoms with van der Waals surface area (Å²) in [6, 6.07) is 17.2. The van der Waals surface area contributed by atoms with Gasteiger partial charge in [0.05, 0.1) is 5.69 Å². The molecule has 0 atom stereocenters. The second-order valence-corrected chi connectivity index (χ2v) is 7.88. The van der Waals surface area contributed by atoms with Crippen LogP contribution in [-0.2, 0) is 11.3 Å². The van der Waals surface area contributed by atoms with Gasteiger partial charge in [-0.3, -0.25) is 0 Å². The molecular weight excluding hydrogens is 336 g/mol. The predicted octanol–water partition coefficient (Wildman–Crippen LogP) is 4.48. The van der Waals surface area contributed by atoms with Crippen LogP contribution in [0.3, 0.4) is 0 Å². The van der Waals surface area contributed by atoms with Crippen molar-refractivity contribution < 1.29 is 9.30 Å². The van der Waals surface area contributed by atoms with Gasteiger partial charge in [0.1, 0.15) is 16.3 Å². The highest BCUT2D eigenvalue weighted by Gasteiger charge is 2.36. The SMILES string of the molecule is CCN1C(=C2OCC[n+]3c2sc2ccccc23)Sc2ccccc21. The molecule has 24 heavy (non-hydrogen) atoms. The molecule has 0 N–H and O–H groups in total. The van der Waals surface area contributed by atoms with Gasteiger partial charge in [0.25, 0.3) is 0 Å². The van der Waals surface area contributed by atoms with Crippen LogP contribution in [0, 0.1) is 0 Å². The molecule has 0 aliphatic carbocycles. The maximum Gasteiger partial charge on any atom is 0.308 e. The highest BCUT2D eigenvalue weighted by molar-refractivity contribution is 8.04. The topological polar surface area (TPSA) is 16.4 Å². The molecular formula is C19H17N2OS2+. The first-order valence-corrected chi connectivity index (χ1v) is 9.83. The zero-order chi connectivity index (χ0) is 16.1. The van der Waals surface area contributed by atoms with Crippen LogP contribution in [-0.4, -0.2) is 13.2 Å². The van der Waals surface area contributed by atoms with Crippen molar-refractivity contribution in [3.8, 4) is 0 Å². The number of para-hydroxylation sites is 2. The van der Waals surface area contributed by atoms with Gasteiger partial charge in [-0.25, -0.2) is 0 Å². The number of rotatable bonds is 1. The van der Waals surface area contributed by atoms with Gasteiger partial charge in [0.15, 0.2) is 6.54 Å². The third-order valence-electron chi connectivity index (χ3n) is 4.48. The minimum absolute atomic E-state index is 0.728. The number of nitrogens with zero attached hydrogens (tertiary/aromatic N) is 2. The van der Waals surface area contributed by atoms with Gasteiger partial charge in [0.2, 0.25) is 11.3 Å². The first-order chi connectivity index (χ1) is 11.9. The molecule has 0 saturated carbocycles. The minimum Gasteiger partial charge on any atom is -0.478 e. The largest absolute Gasteiger partial charge is 0.478 e. The number of ether oxygens (including phenoxy) is 1. The van der Waals surface area contributed by atoms with Crippen molar-refractivity contribution in [1.29, 1.82) is 0 Å². The lowest BCUT2D eigenvalue weighted by atomic mass is 10.3. The Labute approximate surface area is 149 Å². The Morgan fingerprint density at radius 2 is 1.96 bits per heavy atom. The van der Waals surface area contributed by atoms with Crippen LogP contribution in [0.15, 0.2) is 58.5 Å². The number of thioether (sulfide) groups is 1. The van der Waals surface area contributed by atoms with Crippen molar-refractivity contribution >= 4 is 44.8 Å². The molecule has 0 bridgehead atoms. The minimum atomic E-state index is 0.728. The average molecular weight is 353 g/mol. The first-order valence-electron chi connectivity index (χ1n) is 8.20. The first kappa shape index (κ1) is 14.4. The third kappa shape index (κ3) is 2.01. The van der Waals surface area contributed by atoms with Crippen LogP contribution in [0.4, 0.5) is 5.69 Å². The second kappa shape index (κ2) is 5.53. The Morgan fingerprint density at radius 3 is 2.88 bits per heavy atom. The van der Waals surface area contributed by atoms with Gasteiger partial charge >= 0.3 is 5.01 Å². The Hall–Kier alpha value is -1.98. The molecule has 1 aromatic heterocycles. The van der Waals surface area contributed by atoms with E-state index in [4.69, 9.17) is 4.74 Å². The average Bonchev–Trinajstić information content (AvgIpc) is 3.19. The van der Waals surface area contributed by atoms with E-state index < -0.39 is 0 Å². The summed E-state index contributed by atoms with van der Waals surface area (Å²) in [4.78, 5) is 3.68. The summed E-state index contributed by atoms with van der Waals surface area (Å²) >= 11 is 3.65. The Balaban J connectivity index is 1.73. The quantitative estimate of drug-likeness (QED) is 0.600. The van der Waals surface area contributed by atoms with Gasteiger partial charge in [0, 0.05) is 17.5 Å². The maximum absolute atomic E-state index is 6.19. The summed E-state index contributed by atoms with van der Waals surface area (Å²) < 4.78 is 9.91. The Kier molecular flexibility index (Phi) is 3.31. The lowest BCUT2D eigenvalue weighted by Gasteiger charge is -2.21. The predicted molar refractivity (Wildman–Crippen MR) is 100 cm³/mol. The van der Waals surface area contributed by atoms with Crippen LogP contribution in [0.2, 0.25) is 0 Å². The summed E-state index contributed by atoms with van der Waals surface area (Å²) in [5.74, 6) is 1.03. The van der Waals surface area contributed by atoms with Crippen LogP contribution >= 0.6 is 23.1 Å². The van der Waals surface area contributed by atoms with E-state index in [1.165, 1.54) is 30.8 Å². The molecule has 5 rings (SSSR count). The number of fused-ring (bicyclic) bond motifs is 4. The number of anilines is 1. The van der Waals surface area contributed by atoms with Gasteiger partial charge < -0.3 is 9.64 Å². The van der Waals surface area contributed by atoms with Crippen molar-refractivity contribution in [2.45, 2.75) is 18.4 Å². The smallest absolute Gasteiger partial charge is 0.308 e. The van der Waals surface area contributed by atoms with Crippen molar-refractivity contribution in [1.82, 2.24) is 0 Å². The molecule has 3 aromatic rings. The highest BCUT2D eigenvalue weighted by atomic mass is 32.2. The van der Waals surface area contributed by atoms with E-state index >= 15 is 0 Å². The van der Waals surface area contributed by atoms with E-state index in [0.717, 1.165) is 25.5 Å². The lowest BCUT2D eigenvalue weighted by molar-refractivity contribution is -0.677. The zero-order valence-electron chi connectivity index (χ0n) is 13.4. The van der Waals surface area contributed by atoms with Crippen molar-refractivity contribution in [2.75, 3.05) is 18.1 Å². The van der Waals surface area contributed by atoms with Gasteiger partial charge in [-0.05, 0) is 25.1 Å². The molecule has 0 spiro atoms. The van der Waals surface area contributed by atoms with E-state index in [2.05, 4.69) is 64.9 Å². The molecule has 0 unspecified atom stereocenters. The molecule has 3 nitrogen and oxygen atoms in total. The normalized spacial score (nSPS) is 19.3. The number of hydrogen-bond acceptors (Lipinski definition) is 4. The van der Waals surface area contributed by atoms with E-state index in [9.17, 15) is 0 Å². The van der Waals surface area contributed by atoms with E-state index in [1.807, 2.05) is 23.1 Å². The molecule has 2 aliphatic heterocycles. The van der Waals surface area contributed by atoms with Crippen molar-refractivity contribution in [3.63, 3.8) is 0 Å². The van der Waals surface area contributed by atoms with Crippen molar-refractivity contribution in [2.24, 2.45) is 0 Å². The van der Waals surface area contributed by atoms with E-state index in [1.54, 1.807) is 0 Å². The summed E-state index contributed by atoms with van der Waals surface area (Å²) in [6.07, 6.45) is 0. The van der Waals surface area contributed by atoms with Crippen LogP contribution < -0.4 is 9.47 Å². The molecule has 0 saturated heterocycles. The molecule has 0 amide bonds. The molecule has 2 aromatic carbocycles. The summed E-state index contributed by atoms with van der Waals surface area (Å²) in [7, 11) is 0. The molecule has 3 heterocycles. The lowest BCUT2D eigenvalue weighted by Crippen LogP contribution is -2.42. The van der Waals surface area contributed by atoms with E-state index in [0.29, 0.717) is 0 Å². The van der Waals surface area contributed by atoms with Crippen LogP contribution in [0.25, 0.3) is 16.0 Å². The van der Waals surface area contributed by atoms with Gasteiger partial charge in [-0.2, -0.15) is 4.57 Å². The number of benzene rings is 2. The highest BCUT2D eigenvalue weighted by Crippen LogP contribution is 2.49. The maximum atomic E-state index is 6.19. The van der Waals surface area contributed by atoms with Gasteiger partial charge in [-0.1, -0.05) is 47.4 Å². The second-order valence-electron chi connectivity index (χ2n) is 5.82. The van der Waals surface area contributed by atoms with Crippen molar-refractivity contribution in [3.05, 3.63) is 58.6 Å². The third-order valence-corrected chi connectivity index (χ3v) is 6.81. The molecule has 120 valence electrons. The molecule has 0 radical (unpaired) electrons. The number of hydrogen-bond donors (Lipinski definition) is 0.